The second-order valence-electron chi connectivity index (χ2n) is 10.2. The minimum Gasteiger partial charge on any atom is -0.449 e. The Balaban J connectivity index is 1.31. The van der Waals surface area contributed by atoms with Gasteiger partial charge in [0.25, 0.3) is 0 Å². The summed E-state index contributed by atoms with van der Waals surface area (Å²) in [5.74, 6) is 2.81. The highest BCUT2D eigenvalue weighted by Gasteiger charge is 2.27. The molecular weight excluding hydrogens is 492 g/mol. The van der Waals surface area contributed by atoms with Crippen molar-refractivity contribution >= 4 is 43.6 Å². The van der Waals surface area contributed by atoms with Crippen molar-refractivity contribution in [3.05, 3.63) is 133 Å². The van der Waals surface area contributed by atoms with Gasteiger partial charge in [-0.1, -0.05) is 84.9 Å². The maximum atomic E-state index is 6.92. The zero-order chi connectivity index (χ0) is 26.2. The molecule has 3 heterocycles. The molecule has 1 aliphatic heterocycles. The molecular formula is C36H22N2O2. The molecule has 4 nitrogen and oxygen atoms in total. The molecule has 0 saturated carbocycles. The first-order chi connectivity index (χ1) is 19.9. The topological polar surface area (TPSA) is 28.3 Å². The minimum absolute atomic E-state index is 0.700. The fourth-order valence-electron chi connectivity index (χ4n) is 6.31. The van der Waals surface area contributed by atoms with Crippen LogP contribution in [0.3, 0.4) is 0 Å². The lowest BCUT2D eigenvalue weighted by Gasteiger charge is -2.26. The van der Waals surface area contributed by atoms with E-state index in [0.29, 0.717) is 23.0 Å². The molecule has 0 N–H and O–H groups in total. The maximum Gasteiger partial charge on any atom is 0.194 e. The Bertz CT molecular complexity index is 2020. The van der Waals surface area contributed by atoms with E-state index < -0.39 is 0 Å². The zero-order valence-corrected chi connectivity index (χ0v) is 21.4. The molecule has 0 spiro atoms. The molecule has 0 unspecified atom stereocenters. The van der Waals surface area contributed by atoms with Crippen LogP contribution in [0, 0.1) is 0 Å². The summed E-state index contributed by atoms with van der Waals surface area (Å²) in [6.45, 7) is 0. The predicted molar refractivity (Wildman–Crippen MR) is 162 cm³/mol. The number of rotatable bonds is 2. The van der Waals surface area contributed by atoms with Crippen molar-refractivity contribution < 1.29 is 9.47 Å². The van der Waals surface area contributed by atoms with E-state index in [-0.39, 0.29) is 0 Å². The second-order valence-corrected chi connectivity index (χ2v) is 10.2. The Labute approximate surface area is 229 Å². The molecule has 0 fully saturated rings. The van der Waals surface area contributed by atoms with Gasteiger partial charge in [0.15, 0.2) is 23.0 Å². The van der Waals surface area contributed by atoms with Crippen LogP contribution in [0.2, 0.25) is 0 Å². The molecule has 40 heavy (non-hydrogen) atoms. The van der Waals surface area contributed by atoms with Gasteiger partial charge in [-0.25, -0.2) is 0 Å². The van der Waals surface area contributed by atoms with Crippen molar-refractivity contribution in [2.75, 3.05) is 0 Å². The summed E-state index contributed by atoms with van der Waals surface area (Å²) in [5, 5.41) is 4.83. The highest BCUT2D eigenvalue weighted by Crippen LogP contribution is 2.52. The van der Waals surface area contributed by atoms with Crippen LogP contribution in [0.25, 0.3) is 55.0 Å². The molecule has 0 amide bonds. The lowest BCUT2D eigenvalue weighted by Crippen LogP contribution is -2.07. The molecule has 6 aromatic carbocycles. The summed E-state index contributed by atoms with van der Waals surface area (Å²) < 4.78 is 18.0. The number of ether oxygens (including phenoxy) is 2. The Hall–Kier alpha value is -5.48. The van der Waals surface area contributed by atoms with Gasteiger partial charge in [-0.05, 0) is 48.5 Å². The van der Waals surface area contributed by atoms with E-state index >= 15 is 0 Å². The lowest BCUT2D eigenvalue weighted by molar-refractivity contribution is 0.358. The van der Waals surface area contributed by atoms with Gasteiger partial charge in [0.05, 0.1) is 33.4 Å². The lowest BCUT2D eigenvalue weighted by atomic mass is 10.2. The van der Waals surface area contributed by atoms with Crippen molar-refractivity contribution in [1.29, 1.82) is 0 Å². The number of hydrogen-bond acceptors (Lipinski definition) is 2. The van der Waals surface area contributed by atoms with E-state index in [9.17, 15) is 0 Å². The van der Waals surface area contributed by atoms with Gasteiger partial charge in [-0.3, -0.25) is 0 Å². The third kappa shape index (κ3) is 2.85. The van der Waals surface area contributed by atoms with Gasteiger partial charge >= 0.3 is 0 Å². The summed E-state index contributed by atoms with van der Waals surface area (Å²) in [6, 6.07) is 46.3. The molecule has 0 aliphatic carbocycles. The molecule has 0 radical (unpaired) electrons. The Kier molecular flexibility index (Phi) is 4.30. The van der Waals surface area contributed by atoms with Gasteiger partial charge in [-0.2, -0.15) is 0 Å². The number of aromatic nitrogens is 2. The van der Waals surface area contributed by atoms with Gasteiger partial charge in [0, 0.05) is 21.5 Å². The highest BCUT2D eigenvalue weighted by molar-refractivity contribution is 6.10. The van der Waals surface area contributed by atoms with Crippen LogP contribution in [0.1, 0.15) is 0 Å². The number of para-hydroxylation sites is 6. The first kappa shape index (κ1) is 21.5. The quantitative estimate of drug-likeness (QED) is 0.230. The van der Waals surface area contributed by atoms with Crippen molar-refractivity contribution in [2.45, 2.75) is 0 Å². The van der Waals surface area contributed by atoms with Gasteiger partial charge in [-0.15, -0.1) is 0 Å². The van der Waals surface area contributed by atoms with Gasteiger partial charge in [0.2, 0.25) is 0 Å². The third-order valence-electron chi connectivity index (χ3n) is 7.98. The second kappa shape index (κ2) is 8.01. The monoisotopic (exact) mass is 514 g/mol. The molecule has 0 bridgehead atoms. The Morgan fingerprint density at radius 2 is 0.675 bits per heavy atom. The normalized spacial score (nSPS) is 12.4. The number of nitrogens with zero attached hydrogens (tertiary/aromatic N) is 2. The third-order valence-corrected chi connectivity index (χ3v) is 7.98. The molecule has 0 saturated heterocycles. The molecule has 2 aromatic heterocycles. The van der Waals surface area contributed by atoms with Crippen LogP contribution in [0.5, 0.6) is 23.0 Å². The molecule has 9 rings (SSSR count). The Morgan fingerprint density at radius 3 is 1.05 bits per heavy atom. The summed E-state index contributed by atoms with van der Waals surface area (Å²) >= 11 is 0. The maximum absolute atomic E-state index is 6.92. The van der Waals surface area contributed by atoms with Crippen molar-refractivity contribution in [3.63, 3.8) is 0 Å². The molecule has 1 aliphatic rings. The molecule has 188 valence electrons. The average molecular weight is 515 g/mol. The van der Waals surface area contributed by atoms with Crippen LogP contribution in [0.4, 0.5) is 0 Å². The smallest absolute Gasteiger partial charge is 0.194 e. The summed E-state index contributed by atoms with van der Waals surface area (Å²) in [4.78, 5) is 0. The van der Waals surface area contributed by atoms with E-state index in [1.54, 1.807) is 0 Å². The highest BCUT2D eigenvalue weighted by atomic mass is 16.6. The standard InChI is InChI=1S/C36H22N2O2/c1-5-15-27-23(11-1)24-12-2-6-16-28(24)37(27)31-19-9-21-33-35(31)40-36-32(20-10-22-34(36)39-33)38-29-17-7-3-13-25(29)26-14-4-8-18-30(26)38/h1-22H. The molecule has 8 aromatic rings. The van der Waals surface area contributed by atoms with Crippen LogP contribution < -0.4 is 9.47 Å². The predicted octanol–water partition coefficient (Wildman–Crippen LogP) is 9.78. The number of benzene rings is 6. The van der Waals surface area contributed by atoms with E-state index in [1.807, 2.05) is 24.3 Å². The van der Waals surface area contributed by atoms with Crippen LogP contribution in [-0.4, -0.2) is 9.13 Å². The van der Waals surface area contributed by atoms with Crippen LogP contribution in [-0.2, 0) is 0 Å². The average Bonchev–Trinajstić information content (AvgIpc) is 3.53. The fraction of sp³-hybridized carbons (Fsp3) is 0. The van der Waals surface area contributed by atoms with Gasteiger partial charge < -0.3 is 18.6 Å². The molecule has 0 atom stereocenters. The van der Waals surface area contributed by atoms with Crippen molar-refractivity contribution in [3.8, 4) is 34.4 Å². The number of fused-ring (bicyclic) bond motifs is 8. The van der Waals surface area contributed by atoms with Crippen LogP contribution >= 0.6 is 0 Å². The van der Waals surface area contributed by atoms with E-state index in [2.05, 4.69) is 118 Å². The zero-order valence-electron chi connectivity index (χ0n) is 21.4. The van der Waals surface area contributed by atoms with Crippen molar-refractivity contribution in [2.24, 2.45) is 0 Å². The van der Waals surface area contributed by atoms with E-state index in [0.717, 1.165) is 33.4 Å². The first-order valence-corrected chi connectivity index (χ1v) is 13.5. The van der Waals surface area contributed by atoms with E-state index in [4.69, 9.17) is 9.47 Å². The van der Waals surface area contributed by atoms with Crippen molar-refractivity contribution in [1.82, 2.24) is 9.13 Å². The minimum atomic E-state index is 0.700. The van der Waals surface area contributed by atoms with E-state index in [1.165, 1.54) is 21.5 Å². The van der Waals surface area contributed by atoms with Crippen LogP contribution in [0.15, 0.2) is 133 Å². The van der Waals surface area contributed by atoms with Gasteiger partial charge in [0.1, 0.15) is 0 Å². The Morgan fingerprint density at radius 1 is 0.325 bits per heavy atom. The first-order valence-electron chi connectivity index (χ1n) is 13.5. The fourth-order valence-corrected chi connectivity index (χ4v) is 6.31. The molecule has 4 heteroatoms. The summed E-state index contributed by atoms with van der Waals surface area (Å²) in [6.07, 6.45) is 0. The largest absolute Gasteiger partial charge is 0.449 e. The SMILES string of the molecule is c1cc2c(c(-n3c4ccccc4c4ccccc43)c1)Oc1c(cccc1-n1c3ccccc3c3ccccc31)O2. The number of hydrogen-bond donors (Lipinski definition) is 0. The summed E-state index contributed by atoms with van der Waals surface area (Å²) in [7, 11) is 0. The summed E-state index contributed by atoms with van der Waals surface area (Å²) in [5.41, 5.74) is 6.39.